The number of aliphatic carboxylic acids is 1. The fourth-order valence-electron chi connectivity index (χ4n) is 11.7. The van der Waals surface area contributed by atoms with Crippen LogP contribution in [0, 0.1) is 62.6 Å². The highest BCUT2D eigenvalue weighted by Gasteiger charge is 2.71. The molecule has 0 aromatic carbocycles. The Labute approximate surface area is 203 Å². The lowest BCUT2D eigenvalue weighted by atomic mass is 9.32. The minimum Gasteiger partial charge on any atom is -0.481 e. The highest BCUT2D eigenvalue weighted by atomic mass is 16.4. The molecule has 5 saturated carbocycles. The molecule has 0 radical (unpaired) electrons. The van der Waals surface area contributed by atoms with Crippen LogP contribution in [0.3, 0.4) is 0 Å². The van der Waals surface area contributed by atoms with E-state index in [4.69, 9.17) is 0 Å². The predicted molar refractivity (Wildman–Crippen MR) is 136 cm³/mol. The zero-order chi connectivity index (χ0) is 24.2. The maximum atomic E-state index is 12.8. The van der Waals surface area contributed by atoms with Crippen molar-refractivity contribution < 1.29 is 9.90 Å². The Balaban J connectivity index is 1.57. The molecule has 0 bridgehead atoms. The van der Waals surface area contributed by atoms with Gasteiger partial charge in [-0.25, -0.2) is 0 Å². The van der Waals surface area contributed by atoms with E-state index >= 15 is 0 Å². The Bertz CT molecular complexity index is 857. The molecule has 0 unspecified atom stereocenters. The molecule has 2 heteroatoms. The molecule has 10 atom stereocenters. The number of hydrogen-bond acceptors (Lipinski definition) is 1. The van der Waals surface area contributed by atoms with Crippen molar-refractivity contribution in [3.8, 4) is 0 Å². The third-order valence-corrected chi connectivity index (χ3v) is 14.0. The zero-order valence-electron chi connectivity index (χ0n) is 22.6. The molecule has 186 valence electrons. The van der Waals surface area contributed by atoms with Gasteiger partial charge in [-0.1, -0.05) is 53.7 Å². The molecule has 1 N–H and O–H groups in total. The molecule has 5 rings (SSSR count). The number of carboxylic acid groups (broad SMARTS) is 1. The Morgan fingerprint density at radius 1 is 0.818 bits per heavy atom. The van der Waals surface area contributed by atoms with Crippen LogP contribution in [0.4, 0.5) is 0 Å². The van der Waals surface area contributed by atoms with Gasteiger partial charge in [-0.15, -0.1) is 0 Å². The summed E-state index contributed by atoms with van der Waals surface area (Å²) in [5, 5.41) is 10.5. The van der Waals surface area contributed by atoms with Crippen LogP contribution in [0.1, 0.15) is 113 Å². The van der Waals surface area contributed by atoms with Gasteiger partial charge >= 0.3 is 5.97 Å². The molecule has 5 fully saturated rings. The molecular formula is C31H50O2. The van der Waals surface area contributed by atoms with Crippen LogP contribution in [-0.2, 0) is 4.79 Å². The quantitative estimate of drug-likeness (QED) is 0.425. The van der Waals surface area contributed by atoms with Crippen LogP contribution in [0.5, 0.6) is 0 Å². The smallest absolute Gasteiger partial charge is 0.309 e. The summed E-state index contributed by atoms with van der Waals surface area (Å²) in [6, 6.07) is 0. The molecule has 5 aliphatic carbocycles. The lowest BCUT2D eigenvalue weighted by Gasteiger charge is -2.73. The summed E-state index contributed by atoms with van der Waals surface area (Å²) in [7, 11) is 0. The van der Waals surface area contributed by atoms with Crippen molar-refractivity contribution in [3.63, 3.8) is 0 Å². The van der Waals surface area contributed by atoms with Crippen LogP contribution < -0.4 is 0 Å². The fourth-order valence-corrected chi connectivity index (χ4v) is 11.7. The van der Waals surface area contributed by atoms with Crippen molar-refractivity contribution in [2.75, 3.05) is 0 Å². The average molecular weight is 455 g/mol. The first-order valence-corrected chi connectivity index (χ1v) is 14.1. The van der Waals surface area contributed by atoms with E-state index in [9.17, 15) is 9.90 Å². The monoisotopic (exact) mass is 454 g/mol. The molecule has 0 aromatic rings. The number of fused-ring (bicyclic) bond motifs is 7. The van der Waals surface area contributed by atoms with Gasteiger partial charge < -0.3 is 5.11 Å². The summed E-state index contributed by atoms with van der Waals surface area (Å²) in [5.41, 5.74) is 2.16. The van der Waals surface area contributed by atoms with Gasteiger partial charge in [-0.2, -0.15) is 0 Å². The minimum absolute atomic E-state index is 0.249. The van der Waals surface area contributed by atoms with Gasteiger partial charge in [0.2, 0.25) is 0 Å². The normalized spacial score (nSPS) is 55.0. The Hall–Kier alpha value is -0.790. The highest BCUT2D eigenvalue weighted by Crippen LogP contribution is 2.77. The molecule has 5 aliphatic rings. The maximum Gasteiger partial charge on any atom is 0.309 e. The molecule has 0 saturated heterocycles. The highest BCUT2D eigenvalue weighted by molar-refractivity contribution is 5.76. The second-order valence-electron chi connectivity index (χ2n) is 14.9. The Morgan fingerprint density at radius 3 is 2.15 bits per heavy atom. The van der Waals surface area contributed by atoms with Crippen LogP contribution in [-0.4, -0.2) is 11.1 Å². The van der Waals surface area contributed by atoms with Gasteiger partial charge in [0.1, 0.15) is 0 Å². The van der Waals surface area contributed by atoms with Crippen molar-refractivity contribution in [1.82, 2.24) is 0 Å². The molecular weight excluding hydrogens is 404 g/mol. The number of carbonyl (C=O) groups is 1. The van der Waals surface area contributed by atoms with Gasteiger partial charge in [0.15, 0.2) is 0 Å². The summed E-state index contributed by atoms with van der Waals surface area (Å²) in [4.78, 5) is 12.8. The number of hydrogen-bond donors (Lipinski definition) is 1. The Kier molecular flexibility index (Phi) is 5.17. The minimum atomic E-state index is -0.510. The van der Waals surface area contributed by atoms with E-state index in [1.165, 1.54) is 44.1 Å². The van der Waals surface area contributed by atoms with E-state index in [2.05, 4.69) is 55.0 Å². The molecule has 0 aromatic heterocycles. The van der Waals surface area contributed by atoms with Gasteiger partial charge in [0, 0.05) is 0 Å². The maximum absolute atomic E-state index is 12.8. The second kappa shape index (κ2) is 7.13. The Morgan fingerprint density at radius 2 is 1.52 bits per heavy atom. The SMILES string of the molecule is C=C(C)[C@H]1CC[C@@]2(C(=O)O)CC[C@@]3(C)[C@@H](CC[C@H]4[C@]5(C)CC[C@@H](C)C(C)(C)[C@H]5CC[C@@]43C)[C@H]12. The van der Waals surface area contributed by atoms with E-state index in [0.29, 0.717) is 28.1 Å². The summed E-state index contributed by atoms with van der Waals surface area (Å²) >= 11 is 0. The van der Waals surface area contributed by atoms with Crippen molar-refractivity contribution >= 4 is 5.97 Å². The van der Waals surface area contributed by atoms with Gasteiger partial charge in [-0.3, -0.25) is 4.79 Å². The first kappa shape index (κ1) is 23.9. The first-order valence-electron chi connectivity index (χ1n) is 14.1. The lowest BCUT2D eigenvalue weighted by molar-refractivity contribution is -0.242. The summed E-state index contributed by atoms with van der Waals surface area (Å²) in [6.45, 7) is 22.1. The summed E-state index contributed by atoms with van der Waals surface area (Å²) in [6.07, 6.45) is 11.9. The van der Waals surface area contributed by atoms with Crippen LogP contribution in [0.2, 0.25) is 0 Å². The first-order chi connectivity index (χ1) is 15.3. The van der Waals surface area contributed by atoms with Crippen LogP contribution >= 0.6 is 0 Å². The van der Waals surface area contributed by atoms with Crippen molar-refractivity contribution in [1.29, 1.82) is 0 Å². The third-order valence-electron chi connectivity index (χ3n) is 14.0. The standard InChI is InChI=1S/C31H50O2/c1-19(2)21-12-16-31(26(32)33)18-17-29(7)22(25(21)31)9-10-24-28(6)14-11-20(3)27(4,5)23(28)13-15-30(24,29)8/h20-25H,1,9-18H2,2-8H3,(H,32,33)/t20-,21-,22+,23-,24+,25+,28-,29+,30+,31-/m1/s1. The third kappa shape index (κ3) is 2.76. The largest absolute Gasteiger partial charge is 0.481 e. The number of rotatable bonds is 2. The summed E-state index contributed by atoms with van der Waals surface area (Å²) < 4.78 is 0. The van der Waals surface area contributed by atoms with Crippen molar-refractivity contribution in [2.24, 2.45) is 62.6 Å². The molecule has 2 nitrogen and oxygen atoms in total. The van der Waals surface area contributed by atoms with E-state index in [-0.39, 0.29) is 11.3 Å². The molecule has 0 aliphatic heterocycles. The van der Waals surface area contributed by atoms with Crippen molar-refractivity contribution in [3.05, 3.63) is 12.2 Å². The van der Waals surface area contributed by atoms with E-state index < -0.39 is 11.4 Å². The van der Waals surface area contributed by atoms with E-state index in [1.807, 2.05) is 0 Å². The van der Waals surface area contributed by atoms with E-state index in [0.717, 1.165) is 43.4 Å². The van der Waals surface area contributed by atoms with Gasteiger partial charge in [0.25, 0.3) is 0 Å². The van der Waals surface area contributed by atoms with Crippen LogP contribution in [0.15, 0.2) is 12.2 Å². The predicted octanol–water partition coefficient (Wildman–Crippen LogP) is 8.36. The van der Waals surface area contributed by atoms with Crippen molar-refractivity contribution in [2.45, 2.75) is 113 Å². The van der Waals surface area contributed by atoms with Crippen LogP contribution in [0.25, 0.3) is 0 Å². The second-order valence-corrected chi connectivity index (χ2v) is 14.9. The van der Waals surface area contributed by atoms with Gasteiger partial charge in [0.05, 0.1) is 5.41 Å². The fraction of sp³-hybridized carbons (Fsp3) is 0.903. The van der Waals surface area contributed by atoms with Gasteiger partial charge in [-0.05, 0) is 128 Å². The number of carboxylic acids is 1. The number of allylic oxidation sites excluding steroid dienone is 1. The molecule has 0 amide bonds. The van der Waals surface area contributed by atoms with E-state index in [1.54, 1.807) is 0 Å². The zero-order valence-corrected chi connectivity index (χ0v) is 22.6. The molecule has 0 spiro atoms. The molecule has 0 heterocycles. The molecule has 33 heavy (non-hydrogen) atoms. The topological polar surface area (TPSA) is 37.3 Å². The summed E-state index contributed by atoms with van der Waals surface area (Å²) in [5.74, 6) is 3.12. The lowest BCUT2D eigenvalue weighted by Crippen LogP contribution is -2.66. The average Bonchev–Trinajstić information content (AvgIpc) is 3.13.